The molecule has 0 bridgehead atoms. The molecule has 1 fully saturated rings. The fourth-order valence-corrected chi connectivity index (χ4v) is 3.36. The Morgan fingerprint density at radius 3 is 2.67 bits per heavy atom. The Morgan fingerprint density at radius 1 is 1.21 bits per heavy atom. The number of β-amino-alcohol motifs (C(OH)–C–C–N with tert-alkyl or cyclic N) is 1. The molecule has 126 valence electrons. The first-order valence-corrected chi connectivity index (χ1v) is 8.31. The van der Waals surface area contributed by atoms with Crippen molar-refractivity contribution in [1.29, 1.82) is 5.26 Å². The van der Waals surface area contributed by atoms with Crippen molar-refractivity contribution < 1.29 is 14.6 Å². The maximum absolute atomic E-state index is 10.5. The molecule has 0 radical (unpaired) electrons. The van der Waals surface area contributed by atoms with Gasteiger partial charge in [-0.3, -0.25) is 4.90 Å². The second-order valence-electron chi connectivity index (χ2n) is 6.31. The second kappa shape index (κ2) is 7.63. The molecule has 0 spiro atoms. The maximum Gasteiger partial charge on any atom is 0.132 e. The predicted molar refractivity (Wildman–Crippen MR) is 89.0 cm³/mol. The Bertz CT molecular complexity index is 676. The lowest BCUT2D eigenvalue weighted by Crippen LogP contribution is -2.34. The van der Waals surface area contributed by atoms with Crippen LogP contribution in [0.4, 0.5) is 0 Å². The van der Waals surface area contributed by atoms with E-state index in [0.29, 0.717) is 24.3 Å². The average Bonchev–Trinajstić information content (AvgIpc) is 3.27. The van der Waals surface area contributed by atoms with Crippen molar-refractivity contribution in [3.8, 4) is 6.07 Å². The quantitative estimate of drug-likeness (QED) is 0.853. The molecule has 5 nitrogen and oxygen atoms in total. The Morgan fingerprint density at radius 2 is 2.00 bits per heavy atom. The van der Waals surface area contributed by atoms with Crippen LogP contribution in [0.5, 0.6) is 0 Å². The van der Waals surface area contributed by atoms with Gasteiger partial charge in [0.2, 0.25) is 0 Å². The van der Waals surface area contributed by atoms with E-state index in [9.17, 15) is 10.2 Å². The molecular formula is C19H22N2O3. The summed E-state index contributed by atoms with van der Waals surface area (Å²) in [7, 11) is 0. The van der Waals surface area contributed by atoms with Crippen LogP contribution in [-0.2, 0) is 0 Å². The molecule has 1 aromatic carbocycles. The molecule has 1 aromatic heterocycles. The first-order chi connectivity index (χ1) is 11.7. The number of hydrogen-bond acceptors (Lipinski definition) is 5. The van der Waals surface area contributed by atoms with Crippen LogP contribution in [0.1, 0.15) is 48.4 Å². The number of aliphatic hydroxyl groups excluding tert-OH is 2. The molecule has 0 aliphatic carbocycles. The number of likely N-dealkylation sites (tertiary alicyclic amines) is 1. The van der Waals surface area contributed by atoms with Crippen molar-refractivity contribution in [2.45, 2.75) is 37.5 Å². The molecular weight excluding hydrogens is 304 g/mol. The highest BCUT2D eigenvalue weighted by molar-refractivity contribution is 5.32. The van der Waals surface area contributed by atoms with Gasteiger partial charge in [-0.05, 0) is 55.6 Å². The molecule has 3 atom stereocenters. The van der Waals surface area contributed by atoms with Gasteiger partial charge in [0.1, 0.15) is 11.9 Å². The van der Waals surface area contributed by atoms with Crippen LogP contribution in [0.3, 0.4) is 0 Å². The lowest BCUT2D eigenvalue weighted by atomic mass is 10.0. The number of benzene rings is 1. The number of aliphatic hydroxyl groups is 2. The molecule has 2 heterocycles. The summed E-state index contributed by atoms with van der Waals surface area (Å²) in [6.45, 7) is 1.45. The van der Waals surface area contributed by atoms with E-state index < -0.39 is 12.2 Å². The van der Waals surface area contributed by atoms with Gasteiger partial charge >= 0.3 is 0 Å². The zero-order valence-electron chi connectivity index (χ0n) is 13.5. The number of nitriles is 1. The van der Waals surface area contributed by atoms with E-state index in [4.69, 9.17) is 9.68 Å². The summed E-state index contributed by atoms with van der Waals surface area (Å²) >= 11 is 0. The summed E-state index contributed by atoms with van der Waals surface area (Å²) in [4.78, 5) is 2.23. The molecule has 0 saturated carbocycles. The zero-order valence-corrected chi connectivity index (χ0v) is 13.5. The summed E-state index contributed by atoms with van der Waals surface area (Å²) in [6, 6.07) is 12.9. The van der Waals surface area contributed by atoms with Crippen LogP contribution in [-0.4, -0.2) is 34.2 Å². The predicted octanol–water partition coefficient (Wildman–Crippen LogP) is 2.77. The van der Waals surface area contributed by atoms with Crippen LogP contribution in [0.25, 0.3) is 0 Å². The number of nitrogens with zero attached hydrogens (tertiary/aromatic N) is 2. The zero-order chi connectivity index (χ0) is 16.9. The van der Waals surface area contributed by atoms with Crippen molar-refractivity contribution in [2.75, 3.05) is 13.1 Å². The molecule has 2 aromatic rings. The van der Waals surface area contributed by atoms with E-state index in [1.807, 2.05) is 0 Å². The van der Waals surface area contributed by atoms with E-state index in [1.165, 1.54) is 0 Å². The molecule has 5 heteroatoms. The van der Waals surface area contributed by atoms with Gasteiger partial charge in [-0.1, -0.05) is 12.1 Å². The summed E-state index contributed by atoms with van der Waals surface area (Å²) in [6.07, 6.45) is 3.04. The monoisotopic (exact) mass is 326 g/mol. The van der Waals surface area contributed by atoms with Crippen LogP contribution in [0, 0.1) is 11.3 Å². The largest absolute Gasteiger partial charge is 0.467 e. The standard InChI is InChI=1S/C19H22N2O3/c20-12-14-5-7-15(8-6-14)18(23)13-21-9-1-3-16(21)11-17(22)19-4-2-10-24-19/h2,4-8,10,16-18,22-23H,1,3,9,11,13H2. The van der Waals surface area contributed by atoms with Crippen molar-refractivity contribution in [3.05, 3.63) is 59.5 Å². The normalized spacial score (nSPS) is 20.6. The minimum Gasteiger partial charge on any atom is -0.467 e. The van der Waals surface area contributed by atoms with Gasteiger partial charge in [-0.2, -0.15) is 5.26 Å². The Hall–Kier alpha value is -2.13. The van der Waals surface area contributed by atoms with Gasteiger partial charge in [0.05, 0.1) is 24.0 Å². The number of rotatable bonds is 6. The summed E-state index contributed by atoms with van der Waals surface area (Å²) in [5.74, 6) is 0.592. The van der Waals surface area contributed by atoms with Crippen LogP contribution in [0.2, 0.25) is 0 Å². The van der Waals surface area contributed by atoms with E-state index in [-0.39, 0.29) is 6.04 Å². The first kappa shape index (κ1) is 16.7. The highest BCUT2D eigenvalue weighted by atomic mass is 16.4. The third-order valence-electron chi connectivity index (χ3n) is 4.70. The fourth-order valence-electron chi connectivity index (χ4n) is 3.36. The highest BCUT2D eigenvalue weighted by Gasteiger charge is 2.29. The molecule has 1 saturated heterocycles. The molecule has 1 aliphatic rings. The Balaban J connectivity index is 1.59. The number of furan rings is 1. The number of hydrogen-bond donors (Lipinski definition) is 2. The SMILES string of the molecule is N#Cc1ccc(C(O)CN2CCCC2CC(O)c2ccco2)cc1. The Labute approximate surface area is 141 Å². The second-order valence-corrected chi connectivity index (χ2v) is 6.31. The molecule has 24 heavy (non-hydrogen) atoms. The lowest BCUT2D eigenvalue weighted by molar-refractivity contribution is 0.0708. The molecule has 1 aliphatic heterocycles. The maximum atomic E-state index is 10.5. The van der Waals surface area contributed by atoms with E-state index >= 15 is 0 Å². The summed E-state index contributed by atoms with van der Waals surface area (Å²) in [5.41, 5.74) is 1.40. The van der Waals surface area contributed by atoms with Gasteiger partial charge in [-0.25, -0.2) is 0 Å². The van der Waals surface area contributed by atoms with Crippen molar-refractivity contribution in [3.63, 3.8) is 0 Å². The van der Waals surface area contributed by atoms with E-state index in [0.717, 1.165) is 24.9 Å². The molecule has 3 rings (SSSR count). The molecule has 2 N–H and O–H groups in total. The smallest absolute Gasteiger partial charge is 0.132 e. The Kier molecular flexibility index (Phi) is 5.31. The highest BCUT2D eigenvalue weighted by Crippen LogP contribution is 2.29. The fraction of sp³-hybridized carbons (Fsp3) is 0.421. The third kappa shape index (κ3) is 3.85. The lowest BCUT2D eigenvalue weighted by Gasteiger charge is -2.28. The van der Waals surface area contributed by atoms with Gasteiger partial charge in [0, 0.05) is 12.6 Å². The van der Waals surface area contributed by atoms with Crippen LogP contribution in [0.15, 0.2) is 47.1 Å². The minimum atomic E-state index is -0.613. The van der Waals surface area contributed by atoms with Crippen molar-refractivity contribution in [1.82, 2.24) is 4.90 Å². The van der Waals surface area contributed by atoms with Gasteiger partial charge in [-0.15, -0.1) is 0 Å². The topological polar surface area (TPSA) is 80.6 Å². The van der Waals surface area contributed by atoms with Crippen molar-refractivity contribution in [2.24, 2.45) is 0 Å². The average molecular weight is 326 g/mol. The van der Waals surface area contributed by atoms with Gasteiger partial charge in [0.15, 0.2) is 0 Å². The van der Waals surface area contributed by atoms with Gasteiger partial charge in [0.25, 0.3) is 0 Å². The van der Waals surface area contributed by atoms with Gasteiger partial charge < -0.3 is 14.6 Å². The van der Waals surface area contributed by atoms with E-state index in [2.05, 4.69) is 11.0 Å². The summed E-state index contributed by atoms with van der Waals surface area (Å²) in [5, 5.41) is 29.6. The summed E-state index contributed by atoms with van der Waals surface area (Å²) < 4.78 is 5.27. The third-order valence-corrected chi connectivity index (χ3v) is 4.70. The van der Waals surface area contributed by atoms with E-state index in [1.54, 1.807) is 42.7 Å². The minimum absolute atomic E-state index is 0.234. The molecule has 0 amide bonds. The van der Waals surface area contributed by atoms with Crippen LogP contribution < -0.4 is 0 Å². The molecule has 3 unspecified atom stereocenters. The van der Waals surface area contributed by atoms with Crippen molar-refractivity contribution >= 4 is 0 Å². The van der Waals surface area contributed by atoms with Crippen LogP contribution >= 0.6 is 0 Å². The first-order valence-electron chi connectivity index (χ1n) is 8.31.